The lowest BCUT2D eigenvalue weighted by molar-refractivity contribution is -0.118. The molecule has 0 aromatic heterocycles. The molecule has 0 fully saturated rings. The Hall–Kier alpha value is -2.82. The second kappa shape index (κ2) is 7.26. The van der Waals surface area contributed by atoms with Crippen LogP contribution in [0.4, 0.5) is 5.69 Å². The molecule has 0 atom stereocenters. The van der Waals surface area contributed by atoms with E-state index in [4.69, 9.17) is 4.74 Å². The molecule has 0 spiro atoms. The van der Waals surface area contributed by atoms with Gasteiger partial charge in [0.25, 0.3) is 11.8 Å². The van der Waals surface area contributed by atoms with Gasteiger partial charge in [0.2, 0.25) is 0 Å². The number of hydrogen-bond donors (Lipinski definition) is 2. The molecule has 0 heterocycles. The molecule has 0 bridgehead atoms. The summed E-state index contributed by atoms with van der Waals surface area (Å²) in [6.45, 7) is 1.87. The van der Waals surface area contributed by atoms with E-state index in [9.17, 15) is 9.59 Å². The molecule has 0 aliphatic rings. The largest absolute Gasteiger partial charge is 0.484 e. The lowest BCUT2D eigenvalue weighted by Crippen LogP contribution is -2.21. The first-order chi connectivity index (χ1) is 10.6. The Morgan fingerprint density at radius 1 is 1.09 bits per heavy atom. The fourth-order valence-electron chi connectivity index (χ4n) is 1.93. The number of hydrogen-bond acceptors (Lipinski definition) is 3. The summed E-state index contributed by atoms with van der Waals surface area (Å²) in [4.78, 5) is 23.4. The van der Waals surface area contributed by atoms with Gasteiger partial charge in [-0.25, -0.2) is 0 Å². The second-order valence-electron chi connectivity index (χ2n) is 4.81. The minimum atomic E-state index is -0.282. The monoisotopic (exact) mass is 298 g/mol. The molecule has 5 heteroatoms. The molecule has 114 valence electrons. The smallest absolute Gasteiger partial charge is 0.262 e. The molecule has 2 aromatic rings. The van der Waals surface area contributed by atoms with Gasteiger partial charge in [0.05, 0.1) is 0 Å². The van der Waals surface area contributed by atoms with Gasteiger partial charge >= 0.3 is 0 Å². The molecule has 5 nitrogen and oxygen atoms in total. The number of amides is 2. The second-order valence-corrected chi connectivity index (χ2v) is 4.81. The summed E-state index contributed by atoms with van der Waals surface area (Å²) in [5, 5.41) is 5.24. The molecule has 2 amide bonds. The SMILES string of the molecule is CNC(=O)c1cccc(NC(=O)COc2cccc(C)c2)c1. The van der Waals surface area contributed by atoms with Crippen molar-refractivity contribution < 1.29 is 14.3 Å². The van der Waals surface area contributed by atoms with Crippen molar-refractivity contribution in [3.05, 3.63) is 59.7 Å². The first kappa shape index (κ1) is 15.6. The van der Waals surface area contributed by atoms with Crippen LogP contribution >= 0.6 is 0 Å². The summed E-state index contributed by atoms with van der Waals surface area (Å²) >= 11 is 0. The van der Waals surface area contributed by atoms with Crippen molar-refractivity contribution in [2.45, 2.75) is 6.92 Å². The molecule has 0 saturated carbocycles. The highest BCUT2D eigenvalue weighted by atomic mass is 16.5. The van der Waals surface area contributed by atoms with Gasteiger partial charge < -0.3 is 15.4 Å². The van der Waals surface area contributed by atoms with Crippen LogP contribution in [0, 0.1) is 6.92 Å². The lowest BCUT2D eigenvalue weighted by Gasteiger charge is -2.09. The van der Waals surface area contributed by atoms with Crippen molar-refractivity contribution in [1.29, 1.82) is 0 Å². The van der Waals surface area contributed by atoms with Crippen LogP contribution in [0.15, 0.2) is 48.5 Å². The molecule has 2 N–H and O–H groups in total. The highest BCUT2D eigenvalue weighted by molar-refractivity contribution is 5.97. The van der Waals surface area contributed by atoms with Crippen molar-refractivity contribution >= 4 is 17.5 Å². The lowest BCUT2D eigenvalue weighted by atomic mass is 10.2. The van der Waals surface area contributed by atoms with Gasteiger partial charge in [0, 0.05) is 18.3 Å². The highest BCUT2D eigenvalue weighted by Crippen LogP contribution is 2.13. The normalized spacial score (nSPS) is 9.91. The quantitative estimate of drug-likeness (QED) is 0.890. The molecule has 2 rings (SSSR count). The van der Waals surface area contributed by atoms with Crippen molar-refractivity contribution in [2.24, 2.45) is 0 Å². The highest BCUT2D eigenvalue weighted by Gasteiger charge is 2.07. The standard InChI is InChI=1S/C17H18N2O3/c1-12-5-3-8-15(9-12)22-11-16(20)19-14-7-4-6-13(10-14)17(21)18-2/h3-10H,11H2,1-2H3,(H,18,21)(H,19,20). The molecular weight excluding hydrogens is 280 g/mol. The van der Waals surface area contributed by atoms with Crippen LogP contribution in [0.5, 0.6) is 5.75 Å². The summed E-state index contributed by atoms with van der Waals surface area (Å²) < 4.78 is 5.43. The van der Waals surface area contributed by atoms with E-state index in [0.29, 0.717) is 17.0 Å². The van der Waals surface area contributed by atoms with E-state index in [0.717, 1.165) is 5.56 Å². The molecule has 0 aliphatic heterocycles. The number of nitrogens with one attached hydrogen (secondary N) is 2. The maximum absolute atomic E-state index is 11.9. The average Bonchev–Trinajstić information content (AvgIpc) is 2.52. The number of ether oxygens (including phenoxy) is 1. The third-order valence-electron chi connectivity index (χ3n) is 3.00. The molecule has 22 heavy (non-hydrogen) atoms. The zero-order valence-electron chi connectivity index (χ0n) is 12.6. The van der Waals surface area contributed by atoms with Crippen LogP contribution in [-0.4, -0.2) is 25.5 Å². The number of benzene rings is 2. The van der Waals surface area contributed by atoms with Gasteiger partial charge in [-0.15, -0.1) is 0 Å². The Labute approximate surface area is 129 Å². The van der Waals surface area contributed by atoms with Crippen LogP contribution in [0.3, 0.4) is 0 Å². The van der Waals surface area contributed by atoms with Gasteiger partial charge in [-0.3, -0.25) is 9.59 Å². The minimum absolute atomic E-state index is 0.0896. The van der Waals surface area contributed by atoms with Gasteiger partial charge in [-0.2, -0.15) is 0 Å². The number of carbonyl (C=O) groups excluding carboxylic acids is 2. The number of carbonyl (C=O) groups is 2. The van der Waals surface area contributed by atoms with Gasteiger partial charge in [0.15, 0.2) is 6.61 Å². The number of anilines is 1. The van der Waals surface area contributed by atoms with Crippen molar-refractivity contribution in [1.82, 2.24) is 5.32 Å². The number of aryl methyl sites for hydroxylation is 1. The van der Waals surface area contributed by atoms with E-state index in [1.54, 1.807) is 37.4 Å². The van der Waals surface area contributed by atoms with Crippen LogP contribution in [0.2, 0.25) is 0 Å². The Balaban J connectivity index is 1.93. The van der Waals surface area contributed by atoms with E-state index < -0.39 is 0 Å². The Morgan fingerprint density at radius 3 is 2.59 bits per heavy atom. The maximum Gasteiger partial charge on any atom is 0.262 e. The topological polar surface area (TPSA) is 67.4 Å². The fraction of sp³-hybridized carbons (Fsp3) is 0.176. The van der Waals surface area contributed by atoms with Crippen LogP contribution in [0.25, 0.3) is 0 Å². The summed E-state index contributed by atoms with van der Waals surface area (Å²) in [5.74, 6) is 0.164. The molecule has 0 radical (unpaired) electrons. The van der Waals surface area contributed by atoms with E-state index in [-0.39, 0.29) is 18.4 Å². The Bertz CT molecular complexity index is 683. The zero-order chi connectivity index (χ0) is 15.9. The van der Waals surface area contributed by atoms with E-state index >= 15 is 0 Å². The summed E-state index contributed by atoms with van der Waals surface area (Å²) in [6, 6.07) is 14.2. The molecule has 0 saturated heterocycles. The zero-order valence-corrected chi connectivity index (χ0v) is 12.6. The molecule has 0 aliphatic carbocycles. The van der Waals surface area contributed by atoms with Crippen LogP contribution in [-0.2, 0) is 4.79 Å². The first-order valence-corrected chi connectivity index (χ1v) is 6.90. The van der Waals surface area contributed by atoms with E-state index in [2.05, 4.69) is 10.6 Å². The molecular formula is C17H18N2O3. The maximum atomic E-state index is 11.9. The summed E-state index contributed by atoms with van der Waals surface area (Å²) in [5.41, 5.74) is 2.11. The third kappa shape index (κ3) is 4.34. The predicted molar refractivity (Wildman–Crippen MR) is 85.1 cm³/mol. The van der Waals surface area contributed by atoms with Crippen molar-refractivity contribution in [3.63, 3.8) is 0 Å². The van der Waals surface area contributed by atoms with E-state index in [1.807, 2.05) is 25.1 Å². The summed E-state index contributed by atoms with van der Waals surface area (Å²) in [7, 11) is 1.56. The van der Waals surface area contributed by atoms with Crippen molar-refractivity contribution in [2.75, 3.05) is 19.0 Å². The minimum Gasteiger partial charge on any atom is -0.484 e. The van der Waals surface area contributed by atoms with Gasteiger partial charge in [-0.05, 0) is 42.8 Å². The predicted octanol–water partition coefficient (Wildman–Crippen LogP) is 2.37. The fourth-order valence-corrected chi connectivity index (χ4v) is 1.93. The number of rotatable bonds is 5. The Morgan fingerprint density at radius 2 is 1.86 bits per heavy atom. The van der Waals surface area contributed by atoms with Crippen molar-refractivity contribution in [3.8, 4) is 5.75 Å². The van der Waals surface area contributed by atoms with Crippen LogP contribution < -0.4 is 15.4 Å². The molecule has 2 aromatic carbocycles. The van der Waals surface area contributed by atoms with E-state index in [1.165, 1.54) is 0 Å². The third-order valence-corrected chi connectivity index (χ3v) is 3.00. The van der Waals surface area contributed by atoms with Gasteiger partial charge in [0.1, 0.15) is 5.75 Å². The average molecular weight is 298 g/mol. The van der Waals surface area contributed by atoms with Crippen LogP contribution in [0.1, 0.15) is 15.9 Å². The molecule has 0 unspecified atom stereocenters. The van der Waals surface area contributed by atoms with Gasteiger partial charge in [-0.1, -0.05) is 18.2 Å². The Kier molecular flexibility index (Phi) is 5.14. The summed E-state index contributed by atoms with van der Waals surface area (Å²) in [6.07, 6.45) is 0. The first-order valence-electron chi connectivity index (χ1n) is 6.90.